The molecule has 0 bridgehead atoms. The van der Waals surface area contributed by atoms with Crippen molar-refractivity contribution in [3.05, 3.63) is 0 Å². The predicted molar refractivity (Wildman–Crippen MR) is 61.4 cm³/mol. The van der Waals surface area contributed by atoms with Gasteiger partial charge in [-0.25, -0.2) is 0 Å². The molecule has 0 aromatic carbocycles. The van der Waals surface area contributed by atoms with Gasteiger partial charge in [-0.15, -0.1) is 0 Å². The third-order valence-electron chi connectivity index (χ3n) is 2.29. The van der Waals surface area contributed by atoms with Crippen LogP contribution in [0, 0.1) is 0 Å². The zero-order chi connectivity index (χ0) is 10.3. The van der Waals surface area contributed by atoms with Gasteiger partial charge in [-0.1, -0.05) is 6.92 Å². The lowest BCUT2D eigenvalue weighted by molar-refractivity contribution is 0.0971. The molecular formula is C10H23NOS. The number of nitrogens with one attached hydrogen (secondary N) is 1. The molecule has 0 rings (SSSR count). The van der Waals surface area contributed by atoms with Crippen molar-refractivity contribution in [3.63, 3.8) is 0 Å². The van der Waals surface area contributed by atoms with Crippen molar-refractivity contribution in [1.29, 1.82) is 0 Å². The van der Waals surface area contributed by atoms with Crippen molar-refractivity contribution >= 4 is 11.8 Å². The molecule has 0 heterocycles. The van der Waals surface area contributed by atoms with Gasteiger partial charge in [0, 0.05) is 5.54 Å². The standard InChI is InChI=1S/C10H23NOS/c1-5-13-8-6-7-11-10(3,4)9(2)12/h9,11-12H,5-8H2,1-4H3. The van der Waals surface area contributed by atoms with Gasteiger partial charge in [0.1, 0.15) is 0 Å². The lowest BCUT2D eigenvalue weighted by Gasteiger charge is -2.29. The van der Waals surface area contributed by atoms with Crippen LogP contribution in [0.15, 0.2) is 0 Å². The fraction of sp³-hybridized carbons (Fsp3) is 1.00. The molecule has 1 unspecified atom stereocenters. The first-order chi connectivity index (χ1) is 6.00. The molecule has 0 amide bonds. The third kappa shape index (κ3) is 6.36. The van der Waals surface area contributed by atoms with E-state index in [1.54, 1.807) is 0 Å². The van der Waals surface area contributed by atoms with Crippen LogP contribution in [0.2, 0.25) is 0 Å². The van der Waals surface area contributed by atoms with Crippen LogP contribution in [-0.4, -0.2) is 34.8 Å². The number of aliphatic hydroxyl groups excluding tert-OH is 1. The molecule has 0 radical (unpaired) electrons. The average Bonchev–Trinajstić information content (AvgIpc) is 2.03. The van der Waals surface area contributed by atoms with Gasteiger partial charge in [-0.3, -0.25) is 0 Å². The molecular weight excluding hydrogens is 182 g/mol. The van der Waals surface area contributed by atoms with Gasteiger partial charge in [0.2, 0.25) is 0 Å². The van der Waals surface area contributed by atoms with Crippen molar-refractivity contribution in [2.24, 2.45) is 0 Å². The van der Waals surface area contributed by atoms with Crippen LogP contribution in [0.25, 0.3) is 0 Å². The fourth-order valence-corrected chi connectivity index (χ4v) is 1.51. The van der Waals surface area contributed by atoms with Crippen molar-refractivity contribution in [2.75, 3.05) is 18.1 Å². The largest absolute Gasteiger partial charge is 0.392 e. The molecule has 2 N–H and O–H groups in total. The monoisotopic (exact) mass is 205 g/mol. The summed E-state index contributed by atoms with van der Waals surface area (Å²) < 4.78 is 0. The summed E-state index contributed by atoms with van der Waals surface area (Å²) in [5.74, 6) is 2.40. The lowest BCUT2D eigenvalue weighted by atomic mass is 9.99. The molecule has 3 heteroatoms. The van der Waals surface area contributed by atoms with E-state index in [0.29, 0.717) is 0 Å². The zero-order valence-corrected chi connectivity index (χ0v) is 10.1. The Balaban J connectivity index is 3.41. The second-order valence-electron chi connectivity index (χ2n) is 3.87. The highest BCUT2D eigenvalue weighted by molar-refractivity contribution is 7.99. The van der Waals surface area contributed by atoms with Gasteiger partial charge in [0.25, 0.3) is 0 Å². The normalized spacial score (nSPS) is 14.5. The summed E-state index contributed by atoms with van der Waals surface area (Å²) >= 11 is 1.96. The first kappa shape index (κ1) is 13.3. The van der Waals surface area contributed by atoms with E-state index in [0.717, 1.165) is 6.54 Å². The quantitative estimate of drug-likeness (QED) is 0.622. The first-order valence-corrected chi connectivity index (χ1v) is 6.17. The molecule has 0 aliphatic carbocycles. The van der Waals surface area contributed by atoms with Gasteiger partial charge in [-0.05, 0) is 45.2 Å². The molecule has 1 atom stereocenters. The molecule has 0 saturated heterocycles. The number of hydrogen-bond donors (Lipinski definition) is 2. The Kier molecular flexibility index (Phi) is 6.82. The third-order valence-corrected chi connectivity index (χ3v) is 3.28. The summed E-state index contributed by atoms with van der Waals surface area (Å²) in [5.41, 5.74) is -0.156. The van der Waals surface area contributed by atoms with Gasteiger partial charge < -0.3 is 10.4 Å². The summed E-state index contributed by atoms with van der Waals surface area (Å²) in [7, 11) is 0. The smallest absolute Gasteiger partial charge is 0.0688 e. The van der Waals surface area contributed by atoms with E-state index in [-0.39, 0.29) is 11.6 Å². The van der Waals surface area contributed by atoms with Crippen LogP contribution >= 0.6 is 11.8 Å². The van der Waals surface area contributed by atoms with E-state index in [2.05, 4.69) is 12.2 Å². The minimum atomic E-state index is -0.300. The van der Waals surface area contributed by atoms with Crippen LogP contribution in [-0.2, 0) is 0 Å². The Morgan fingerprint density at radius 2 is 2.08 bits per heavy atom. The van der Waals surface area contributed by atoms with Crippen LogP contribution in [0.3, 0.4) is 0 Å². The molecule has 0 saturated carbocycles. The minimum Gasteiger partial charge on any atom is -0.392 e. The highest BCUT2D eigenvalue weighted by Gasteiger charge is 2.22. The molecule has 0 aromatic rings. The molecule has 13 heavy (non-hydrogen) atoms. The molecule has 0 aromatic heterocycles. The van der Waals surface area contributed by atoms with Crippen molar-refractivity contribution in [2.45, 2.75) is 45.8 Å². The summed E-state index contributed by atoms with van der Waals surface area (Å²) in [6.45, 7) is 9.06. The topological polar surface area (TPSA) is 32.3 Å². The highest BCUT2D eigenvalue weighted by atomic mass is 32.2. The van der Waals surface area contributed by atoms with E-state index < -0.39 is 0 Å². The van der Waals surface area contributed by atoms with Gasteiger partial charge >= 0.3 is 0 Å². The molecule has 2 nitrogen and oxygen atoms in total. The van der Waals surface area contributed by atoms with Crippen LogP contribution in [0.5, 0.6) is 0 Å². The maximum atomic E-state index is 9.42. The van der Waals surface area contributed by atoms with E-state index in [9.17, 15) is 5.11 Å². The maximum absolute atomic E-state index is 9.42. The Hall–Kier alpha value is 0.270. The number of rotatable bonds is 7. The fourth-order valence-electron chi connectivity index (χ4n) is 0.877. The Bertz CT molecular complexity index is 126. The summed E-state index contributed by atoms with van der Waals surface area (Å²) in [4.78, 5) is 0. The number of thioether (sulfide) groups is 1. The van der Waals surface area contributed by atoms with E-state index >= 15 is 0 Å². The van der Waals surface area contributed by atoms with Crippen molar-refractivity contribution in [3.8, 4) is 0 Å². The average molecular weight is 205 g/mol. The Morgan fingerprint density at radius 1 is 1.46 bits per heavy atom. The van der Waals surface area contributed by atoms with E-state index in [1.807, 2.05) is 32.5 Å². The highest BCUT2D eigenvalue weighted by Crippen LogP contribution is 2.08. The van der Waals surface area contributed by atoms with Crippen molar-refractivity contribution in [1.82, 2.24) is 5.32 Å². The van der Waals surface area contributed by atoms with Crippen LogP contribution in [0.4, 0.5) is 0 Å². The maximum Gasteiger partial charge on any atom is 0.0688 e. The van der Waals surface area contributed by atoms with Gasteiger partial charge in [0.15, 0.2) is 0 Å². The molecule has 0 fully saturated rings. The van der Waals surface area contributed by atoms with E-state index in [1.165, 1.54) is 17.9 Å². The second-order valence-corrected chi connectivity index (χ2v) is 5.27. The number of hydrogen-bond acceptors (Lipinski definition) is 3. The minimum absolute atomic E-state index is 0.156. The lowest BCUT2D eigenvalue weighted by Crippen LogP contribution is -2.48. The van der Waals surface area contributed by atoms with Gasteiger partial charge in [0.05, 0.1) is 6.10 Å². The van der Waals surface area contributed by atoms with Crippen molar-refractivity contribution < 1.29 is 5.11 Å². The van der Waals surface area contributed by atoms with Crippen LogP contribution < -0.4 is 5.32 Å². The van der Waals surface area contributed by atoms with Crippen LogP contribution in [0.1, 0.15) is 34.1 Å². The van der Waals surface area contributed by atoms with Gasteiger partial charge in [-0.2, -0.15) is 11.8 Å². The Morgan fingerprint density at radius 3 is 2.54 bits per heavy atom. The second kappa shape index (κ2) is 6.68. The summed E-state index contributed by atoms with van der Waals surface area (Å²) in [6.07, 6.45) is 0.876. The molecule has 0 aliphatic heterocycles. The van der Waals surface area contributed by atoms with E-state index in [4.69, 9.17) is 0 Å². The molecule has 80 valence electrons. The first-order valence-electron chi connectivity index (χ1n) is 5.01. The molecule has 0 spiro atoms. The summed E-state index contributed by atoms with van der Waals surface area (Å²) in [5, 5.41) is 12.8. The number of aliphatic hydroxyl groups is 1. The molecule has 0 aliphatic rings. The zero-order valence-electron chi connectivity index (χ0n) is 9.26. The SMILES string of the molecule is CCSCCCNC(C)(C)C(C)O. The summed E-state index contributed by atoms with van der Waals surface area (Å²) in [6, 6.07) is 0. The predicted octanol–water partition coefficient (Wildman–Crippen LogP) is 1.88. The Labute approximate surface area is 86.5 Å².